The summed E-state index contributed by atoms with van der Waals surface area (Å²) in [6, 6.07) is 0. The van der Waals surface area contributed by atoms with Crippen LogP contribution in [0.2, 0.25) is 0 Å². The second kappa shape index (κ2) is 3.68. The summed E-state index contributed by atoms with van der Waals surface area (Å²) in [6.07, 6.45) is 0. The Bertz CT molecular complexity index is 314. The van der Waals surface area contributed by atoms with E-state index < -0.39 is 48.1 Å². The van der Waals surface area contributed by atoms with Crippen LogP contribution in [0.3, 0.4) is 0 Å². The minimum atomic E-state index is -5.10. The Morgan fingerprint density at radius 1 is 0.846 bits per heavy atom. The second-order valence-electron chi connectivity index (χ2n) is 1.83. The van der Waals surface area contributed by atoms with Crippen LogP contribution < -0.4 is 0 Å². The molecule has 0 saturated heterocycles. The van der Waals surface area contributed by atoms with Crippen LogP contribution in [0.5, 0.6) is 0 Å². The third-order valence-corrected chi connectivity index (χ3v) is 2.85. The fourth-order valence-corrected chi connectivity index (χ4v) is 1.75. The molecule has 74 valence electrons. The predicted octanol–water partition coefficient (Wildman–Crippen LogP) is 3.08. The van der Waals surface area contributed by atoms with E-state index in [1.807, 2.05) is 0 Å². The summed E-state index contributed by atoms with van der Waals surface area (Å²) in [5.41, 5.74) is 0. The summed E-state index contributed by atoms with van der Waals surface area (Å²) in [5, 5.41) is 0. The fraction of sp³-hybridized carbons (Fsp3) is 0. The SMILES string of the molecule is Fc1nc(F)c(F)c(I(F)F)c1F. The number of aromatic nitrogens is 1. The summed E-state index contributed by atoms with van der Waals surface area (Å²) in [6.45, 7) is 0. The molecule has 0 aliphatic carbocycles. The number of hydrogen-bond acceptors (Lipinski definition) is 1. The molecular formula is C5F6IN. The third-order valence-electron chi connectivity index (χ3n) is 1.09. The van der Waals surface area contributed by atoms with Gasteiger partial charge < -0.3 is 0 Å². The van der Waals surface area contributed by atoms with E-state index in [4.69, 9.17) is 0 Å². The van der Waals surface area contributed by atoms with Gasteiger partial charge in [0.1, 0.15) is 0 Å². The molecule has 0 spiro atoms. The van der Waals surface area contributed by atoms with Gasteiger partial charge in [0, 0.05) is 0 Å². The van der Waals surface area contributed by atoms with Crippen molar-refractivity contribution in [3.05, 3.63) is 27.1 Å². The Hall–Kier alpha value is -0.540. The molecule has 1 aromatic heterocycles. The van der Waals surface area contributed by atoms with Crippen molar-refractivity contribution in [1.82, 2.24) is 4.98 Å². The van der Waals surface area contributed by atoms with Gasteiger partial charge in [-0.25, -0.2) is 0 Å². The molecular weight excluding hydrogens is 315 g/mol. The van der Waals surface area contributed by atoms with Gasteiger partial charge in [0.25, 0.3) is 0 Å². The van der Waals surface area contributed by atoms with Crippen LogP contribution in [0, 0.1) is 27.1 Å². The topological polar surface area (TPSA) is 12.9 Å². The summed E-state index contributed by atoms with van der Waals surface area (Å²) < 4.78 is 71.3. The molecule has 1 rings (SSSR count). The normalized spacial score (nSPS) is 11.7. The molecule has 0 aliphatic heterocycles. The number of nitrogens with zero attached hydrogens (tertiary/aromatic N) is 1. The van der Waals surface area contributed by atoms with E-state index in [-0.39, 0.29) is 0 Å². The van der Waals surface area contributed by atoms with E-state index >= 15 is 0 Å². The first-order valence-electron chi connectivity index (χ1n) is 2.68. The monoisotopic (exact) mass is 315 g/mol. The average molecular weight is 315 g/mol. The number of hydrogen-bond donors (Lipinski definition) is 0. The Morgan fingerprint density at radius 2 is 1.23 bits per heavy atom. The molecule has 13 heavy (non-hydrogen) atoms. The molecule has 0 saturated carbocycles. The zero-order valence-electron chi connectivity index (χ0n) is 5.59. The zero-order valence-corrected chi connectivity index (χ0v) is 7.75. The van der Waals surface area contributed by atoms with E-state index in [0.29, 0.717) is 0 Å². The maximum absolute atomic E-state index is 12.4. The Balaban J connectivity index is 3.46. The van der Waals surface area contributed by atoms with Crippen molar-refractivity contribution in [2.45, 2.75) is 0 Å². The van der Waals surface area contributed by atoms with Gasteiger partial charge in [0.15, 0.2) is 0 Å². The fourth-order valence-electron chi connectivity index (χ4n) is 0.587. The minimum absolute atomic E-state index is 1.78. The summed E-state index contributed by atoms with van der Waals surface area (Å²) in [7, 11) is 0. The van der Waals surface area contributed by atoms with Gasteiger partial charge in [-0.15, -0.1) is 0 Å². The van der Waals surface area contributed by atoms with Crippen molar-refractivity contribution in [3.8, 4) is 0 Å². The molecule has 0 aliphatic rings. The average Bonchev–Trinajstić information content (AvgIpc) is 2.01. The summed E-state index contributed by atoms with van der Waals surface area (Å²) >= 11 is -5.10. The van der Waals surface area contributed by atoms with Crippen LogP contribution in [0.25, 0.3) is 0 Å². The molecule has 0 amide bonds. The van der Waals surface area contributed by atoms with E-state index in [0.717, 1.165) is 0 Å². The van der Waals surface area contributed by atoms with Gasteiger partial charge in [-0.3, -0.25) is 0 Å². The Kier molecular flexibility index (Phi) is 2.98. The molecule has 0 N–H and O–H groups in total. The standard InChI is InChI=1S/C5F6IN/c6-1-3(12(10)11)2(7)5(9)13-4(1)8. The van der Waals surface area contributed by atoms with Crippen LogP contribution in [0.1, 0.15) is 0 Å². The first-order chi connectivity index (χ1) is 5.95. The first-order valence-corrected chi connectivity index (χ1v) is 5.39. The van der Waals surface area contributed by atoms with Gasteiger partial charge in [-0.05, 0) is 0 Å². The molecule has 0 bridgehead atoms. The van der Waals surface area contributed by atoms with E-state index in [1.165, 1.54) is 0 Å². The summed E-state index contributed by atoms with van der Waals surface area (Å²) in [4.78, 5) is 2.12. The Morgan fingerprint density at radius 3 is 1.54 bits per heavy atom. The quantitative estimate of drug-likeness (QED) is 0.441. The maximum atomic E-state index is 12.4. The van der Waals surface area contributed by atoms with Crippen molar-refractivity contribution in [2.75, 3.05) is 0 Å². The second-order valence-corrected chi connectivity index (χ2v) is 4.03. The molecule has 8 heteroatoms. The molecule has 0 unspecified atom stereocenters. The number of rotatable bonds is 1. The van der Waals surface area contributed by atoms with Crippen molar-refractivity contribution in [3.63, 3.8) is 0 Å². The van der Waals surface area contributed by atoms with E-state index in [9.17, 15) is 23.3 Å². The predicted molar refractivity (Wildman–Crippen MR) is 39.0 cm³/mol. The van der Waals surface area contributed by atoms with Crippen LogP contribution in [-0.4, -0.2) is 4.98 Å². The molecule has 1 aromatic rings. The van der Waals surface area contributed by atoms with E-state index in [1.54, 1.807) is 0 Å². The van der Waals surface area contributed by atoms with Gasteiger partial charge in [0.05, 0.1) is 0 Å². The number of halogens is 7. The molecule has 1 heterocycles. The van der Waals surface area contributed by atoms with Crippen molar-refractivity contribution in [2.24, 2.45) is 0 Å². The van der Waals surface area contributed by atoms with Crippen molar-refractivity contribution in [1.29, 1.82) is 0 Å². The Labute approximate surface area is 76.7 Å². The molecule has 0 fully saturated rings. The molecule has 0 atom stereocenters. The zero-order chi connectivity index (χ0) is 10.2. The van der Waals surface area contributed by atoms with Crippen LogP contribution in [0.4, 0.5) is 23.3 Å². The molecule has 0 radical (unpaired) electrons. The van der Waals surface area contributed by atoms with E-state index in [2.05, 4.69) is 4.98 Å². The van der Waals surface area contributed by atoms with Crippen LogP contribution in [0.15, 0.2) is 0 Å². The van der Waals surface area contributed by atoms with Crippen molar-refractivity contribution >= 4 is 21.0 Å². The van der Waals surface area contributed by atoms with Gasteiger partial charge in [0.2, 0.25) is 0 Å². The van der Waals surface area contributed by atoms with Gasteiger partial charge >= 0.3 is 76.3 Å². The molecule has 0 aromatic carbocycles. The van der Waals surface area contributed by atoms with Crippen molar-refractivity contribution < 1.29 is 23.3 Å². The van der Waals surface area contributed by atoms with Crippen LogP contribution in [-0.2, 0) is 0 Å². The van der Waals surface area contributed by atoms with Crippen LogP contribution >= 0.6 is 21.0 Å². The number of pyridine rings is 1. The van der Waals surface area contributed by atoms with Gasteiger partial charge in [-0.1, -0.05) is 0 Å². The first kappa shape index (κ1) is 10.5. The summed E-state index contributed by atoms with van der Waals surface area (Å²) in [5.74, 6) is -8.30. The van der Waals surface area contributed by atoms with Gasteiger partial charge in [-0.2, -0.15) is 0 Å². The molecule has 1 nitrogen and oxygen atoms in total. The third kappa shape index (κ3) is 1.86.